The fraction of sp³-hybridized carbons (Fsp3) is 0.909. The van der Waals surface area contributed by atoms with Gasteiger partial charge in [-0.05, 0) is 47.2 Å². The summed E-state index contributed by atoms with van der Waals surface area (Å²) in [5.41, 5.74) is 0.269. The van der Waals surface area contributed by atoms with Crippen LogP contribution in [0.2, 0.25) is 0 Å². The van der Waals surface area contributed by atoms with Crippen LogP contribution in [-0.2, 0) is 4.79 Å². The van der Waals surface area contributed by atoms with Gasteiger partial charge in [-0.2, -0.15) is 0 Å². The molecule has 0 N–H and O–H groups in total. The van der Waals surface area contributed by atoms with Gasteiger partial charge in [-0.25, -0.2) is 0 Å². The third-order valence-electron chi connectivity index (χ3n) is 2.46. The molecule has 2 nitrogen and oxygen atoms in total. The molecular weight excluding hydrogens is 162 g/mol. The molecule has 0 bridgehead atoms. The maximum Gasteiger partial charge on any atom is 0.119 e. The van der Waals surface area contributed by atoms with Crippen molar-refractivity contribution in [2.24, 2.45) is 0 Å². The molecule has 0 aromatic rings. The maximum absolute atomic E-state index is 10.1. The van der Waals surface area contributed by atoms with Gasteiger partial charge in [0.1, 0.15) is 6.29 Å². The molecule has 0 rings (SSSR count). The molecule has 13 heavy (non-hydrogen) atoms. The third-order valence-corrected chi connectivity index (χ3v) is 2.46. The number of unbranched alkanes of at least 4 members (excludes halogenated alkanes) is 3. The molecule has 0 heterocycles. The summed E-state index contributed by atoms with van der Waals surface area (Å²) in [6.07, 6.45) is 5.13. The first-order chi connectivity index (χ1) is 5.98. The lowest BCUT2D eigenvalue weighted by Crippen LogP contribution is -2.38. The lowest BCUT2D eigenvalue weighted by molar-refractivity contribution is -0.107. The van der Waals surface area contributed by atoms with Crippen LogP contribution in [0, 0.1) is 0 Å². The molecule has 0 aliphatic carbocycles. The van der Waals surface area contributed by atoms with E-state index in [0.29, 0.717) is 0 Å². The summed E-state index contributed by atoms with van der Waals surface area (Å²) >= 11 is 0. The van der Waals surface area contributed by atoms with Gasteiger partial charge < -0.3 is 9.69 Å². The van der Waals surface area contributed by atoms with Crippen molar-refractivity contribution in [1.82, 2.24) is 4.90 Å². The van der Waals surface area contributed by atoms with Gasteiger partial charge in [-0.1, -0.05) is 6.42 Å². The molecule has 0 amide bonds. The summed E-state index contributed by atoms with van der Waals surface area (Å²) in [6, 6.07) is 0. The van der Waals surface area contributed by atoms with E-state index in [1.807, 2.05) is 0 Å². The van der Waals surface area contributed by atoms with Crippen molar-refractivity contribution in [3.63, 3.8) is 0 Å². The quantitative estimate of drug-likeness (QED) is 0.468. The number of rotatable bonds is 6. The Labute approximate surface area is 82.3 Å². The second-order valence-electron chi connectivity index (χ2n) is 4.61. The highest BCUT2D eigenvalue weighted by Crippen LogP contribution is 2.11. The zero-order valence-corrected chi connectivity index (χ0v) is 9.47. The second kappa shape index (κ2) is 6.14. The Morgan fingerprint density at radius 1 is 1.15 bits per heavy atom. The Balaban J connectivity index is 3.37. The number of nitrogens with zero attached hydrogens (tertiary/aromatic N) is 1. The number of carbonyl (C=O) groups excluding carboxylic acids is 1. The van der Waals surface area contributed by atoms with E-state index in [1.165, 1.54) is 12.8 Å². The molecule has 0 aliphatic rings. The number of hydrogen-bond acceptors (Lipinski definition) is 2. The van der Waals surface area contributed by atoms with E-state index in [0.717, 1.165) is 25.7 Å². The Morgan fingerprint density at radius 2 is 1.77 bits per heavy atom. The van der Waals surface area contributed by atoms with Crippen molar-refractivity contribution in [1.29, 1.82) is 0 Å². The molecule has 0 radical (unpaired) electrons. The molecule has 0 spiro atoms. The van der Waals surface area contributed by atoms with Crippen molar-refractivity contribution in [2.75, 3.05) is 13.6 Å². The Hall–Kier alpha value is -0.370. The zero-order chi connectivity index (χ0) is 10.3. The summed E-state index contributed by atoms with van der Waals surface area (Å²) in [5.74, 6) is 0. The van der Waals surface area contributed by atoms with Crippen LogP contribution in [0.25, 0.3) is 0 Å². The summed E-state index contributed by atoms with van der Waals surface area (Å²) in [6.45, 7) is 7.79. The average Bonchev–Trinajstić information content (AvgIpc) is 2.02. The van der Waals surface area contributed by atoms with Gasteiger partial charge in [-0.15, -0.1) is 0 Å². The molecule has 0 unspecified atom stereocenters. The predicted octanol–water partition coefficient (Wildman–Crippen LogP) is 2.48. The minimum atomic E-state index is 0.269. The first-order valence-electron chi connectivity index (χ1n) is 5.13. The molecule has 0 fully saturated rings. The molecule has 0 aliphatic heterocycles. The minimum absolute atomic E-state index is 0.269. The number of aldehydes is 1. The van der Waals surface area contributed by atoms with E-state index in [9.17, 15) is 4.79 Å². The van der Waals surface area contributed by atoms with Crippen LogP contribution >= 0.6 is 0 Å². The van der Waals surface area contributed by atoms with Gasteiger partial charge in [0.2, 0.25) is 0 Å². The second-order valence-corrected chi connectivity index (χ2v) is 4.61. The van der Waals surface area contributed by atoms with E-state index in [1.54, 1.807) is 0 Å². The third kappa shape index (κ3) is 6.76. The zero-order valence-electron chi connectivity index (χ0n) is 9.47. The standard InChI is InChI=1S/C11H23NO/c1-11(2,3)12(4)9-7-5-6-8-10-13/h10H,5-9H2,1-4H3. The summed E-state index contributed by atoms with van der Waals surface area (Å²) < 4.78 is 0. The molecule has 0 atom stereocenters. The summed E-state index contributed by atoms with van der Waals surface area (Å²) in [7, 11) is 2.15. The number of carbonyl (C=O) groups is 1. The first-order valence-corrected chi connectivity index (χ1v) is 5.13. The largest absolute Gasteiger partial charge is 0.303 e. The molecule has 0 aromatic carbocycles. The molecular formula is C11H23NO. The minimum Gasteiger partial charge on any atom is -0.303 e. The van der Waals surface area contributed by atoms with Crippen LogP contribution < -0.4 is 0 Å². The number of hydrogen-bond donors (Lipinski definition) is 0. The van der Waals surface area contributed by atoms with Crippen LogP contribution in [0.15, 0.2) is 0 Å². The highest BCUT2D eigenvalue weighted by molar-refractivity contribution is 5.48. The van der Waals surface area contributed by atoms with E-state index in [2.05, 4.69) is 32.7 Å². The van der Waals surface area contributed by atoms with Crippen molar-refractivity contribution in [3.8, 4) is 0 Å². The molecule has 78 valence electrons. The van der Waals surface area contributed by atoms with E-state index in [4.69, 9.17) is 0 Å². The van der Waals surface area contributed by atoms with Crippen molar-refractivity contribution >= 4 is 6.29 Å². The van der Waals surface area contributed by atoms with Gasteiger partial charge in [0.15, 0.2) is 0 Å². The Morgan fingerprint density at radius 3 is 2.23 bits per heavy atom. The average molecular weight is 185 g/mol. The normalized spacial score (nSPS) is 12.1. The van der Waals surface area contributed by atoms with Crippen molar-refractivity contribution in [3.05, 3.63) is 0 Å². The molecule has 0 aromatic heterocycles. The van der Waals surface area contributed by atoms with Gasteiger partial charge in [0, 0.05) is 12.0 Å². The lowest BCUT2D eigenvalue weighted by Gasteiger charge is -2.31. The maximum atomic E-state index is 10.1. The first kappa shape index (κ1) is 12.6. The SMILES string of the molecule is CN(CCCCCC=O)C(C)(C)C. The summed E-state index contributed by atoms with van der Waals surface area (Å²) in [5, 5.41) is 0. The predicted molar refractivity (Wildman–Crippen MR) is 56.9 cm³/mol. The van der Waals surface area contributed by atoms with Crippen LogP contribution in [0.5, 0.6) is 0 Å². The van der Waals surface area contributed by atoms with Crippen LogP contribution in [0.4, 0.5) is 0 Å². The Bertz CT molecular complexity index is 138. The highest BCUT2D eigenvalue weighted by atomic mass is 16.1. The van der Waals surface area contributed by atoms with Gasteiger partial charge >= 0.3 is 0 Å². The molecule has 0 saturated heterocycles. The van der Waals surface area contributed by atoms with E-state index >= 15 is 0 Å². The fourth-order valence-corrected chi connectivity index (χ4v) is 1.09. The van der Waals surface area contributed by atoms with Crippen LogP contribution in [0.3, 0.4) is 0 Å². The van der Waals surface area contributed by atoms with Gasteiger partial charge in [0.25, 0.3) is 0 Å². The smallest absolute Gasteiger partial charge is 0.119 e. The van der Waals surface area contributed by atoms with Crippen molar-refractivity contribution in [2.45, 2.75) is 52.0 Å². The molecule has 0 saturated carbocycles. The Kier molecular flexibility index (Phi) is 5.97. The van der Waals surface area contributed by atoms with Crippen molar-refractivity contribution < 1.29 is 4.79 Å². The lowest BCUT2D eigenvalue weighted by atomic mass is 10.1. The van der Waals surface area contributed by atoms with Gasteiger partial charge in [-0.3, -0.25) is 0 Å². The summed E-state index contributed by atoms with van der Waals surface area (Å²) in [4.78, 5) is 12.4. The monoisotopic (exact) mass is 185 g/mol. The van der Waals surface area contributed by atoms with E-state index in [-0.39, 0.29) is 5.54 Å². The van der Waals surface area contributed by atoms with E-state index < -0.39 is 0 Å². The fourth-order valence-electron chi connectivity index (χ4n) is 1.09. The van der Waals surface area contributed by atoms with Crippen LogP contribution in [-0.4, -0.2) is 30.3 Å². The molecule has 2 heteroatoms. The topological polar surface area (TPSA) is 20.3 Å². The van der Waals surface area contributed by atoms with Gasteiger partial charge in [0.05, 0.1) is 0 Å². The van der Waals surface area contributed by atoms with Crippen LogP contribution in [0.1, 0.15) is 46.5 Å². The highest BCUT2D eigenvalue weighted by Gasteiger charge is 2.15.